The summed E-state index contributed by atoms with van der Waals surface area (Å²) in [7, 11) is -1.22. The number of alkyl carbamates (subject to hydrolysis) is 1. The Morgan fingerprint density at radius 3 is 2.26 bits per heavy atom. The van der Waals surface area contributed by atoms with E-state index in [9.17, 15) is 14.7 Å². The van der Waals surface area contributed by atoms with Gasteiger partial charge < -0.3 is 42.7 Å². The first kappa shape index (κ1) is 29.4. The summed E-state index contributed by atoms with van der Waals surface area (Å²) in [6.07, 6.45) is 2.97. The largest absolute Gasteiger partial charge is 0.545 e. The van der Waals surface area contributed by atoms with E-state index in [1.807, 2.05) is 20.8 Å². The Kier molecular flexibility index (Phi) is 14.6. The van der Waals surface area contributed by atoms with E-state index in [0.717, 1.165) is 6.08 Å². The van der Waals surface area contributed by atoms with Crippen molar-refractivity contribution < 1.29 is 42.2 Å². The SMILES string of the molecule is CCO[Si](CCCNC(=O)OCCCOc1ccc(/C=C/C(=O)[O-])cc1OC)(OCC)OCC. The molecule has 0 bridgehead atoms. The molecular weight excluding hydrogens is 462 g/mol. The van der Waals surface area contributed by atoms with E-state index in [0.29, 0.717) is 68.9 Å². The number of rotatable bonds is 18. The maximum Gasteiger partial charge on any atom is 0.500 e. The zero-order valence-corrected chi connectivity index (χ0v) is 21.4. The normalized spacial score (nSPS) is 11.4. The third-order valence-corrected chi connectivity index (χ3v) is 7.55. The number of amides is 1. The molecule has 1 N–H and O–H groups in total. The van der Waals surface area contributed by atoms with Gasteiger partial charge in [0.25, 0.3) is 0 Å². The van der Waals surface area contributed by atoms with Crippen molar-refractivity contribution in [2.45, 2.75) is 39.7 Å². The van der Waals surface area contributed by atoms with Gasteiger partial charge in [-0.3, -0.25) is 0 Å². The Hall–Kier alpha value is -2.60. The van der Waals surface area contributed by atoms with Crippen LogP contribution in [0.3, 0.4) is 0 Å². The van der Waals surface area contributed by atoms with E-state index in [2.05, 4.69) is 5.32 Å². The quantitative estimate of drug-likeness (QED) is 0.184. The molecule has 0 heterocycles. The first-order valence-corrected chi connectivity index (χ1v) is 13.3. The fourth-order valence-corrected chi connectivity index (χ4v) is 5.64. The average molecular weight is 499 g/mol. The van der Waals surface area contributed by atoms with Gasteiger partial charge in [0.2, 0.25) is 0 Å². The van der Waals surface area contributed by atoms with Gasteiger partial charge >= 0.3 is 14.9 Å². The second-order valence-corrected chi connectivity index (χ2v) is 9.65. The van der Waals surface area contributed by atoms with Crippen LogP contribution in [0.15, 0.2) is 24.3 Å². The van der Waals surface area contributed by atoms with Crippen LogP contribution in [0.2, 0.25) is 6.04 Å². The second kappa shape index (κ2) is 16.9. The molecule has 0 spiro atoms. The van der Waals surface area contributed by atoms with Crippen molar-refractivity contribution in [3.63, 3.8) is 0 Å². The molecule has 1 rings (SSSR count). The van der Waals surface area contributed by atoms with Crippen LogP contribution in [0.5, 0.6) is 11.5 Å². The molecule has 1 aromatic carbocycles. The van der Waals surface area contributed by atoms with Crippen molar-refractivity contribution in [1.29, 1.82) is 0 Å². The van der Waals surface area contributed by atoms with Gasteiger partial charge in [-0.2, -0.15) is 0 Å². The van der Waals surface area contributed by atoms with Crippen molar-refractivity contribution in [2.24, 2.45) is 0 Å². The summed E-state index contributed by atoms with van der Waals surface area (Å²) in [5, 5.41) is 13.2. The molecule has 0 aromatic heterocycles. The van der Waals surface area contributed by atoms with E-state index in [-0.39, 0.29) is 6.61 Å². The van der Waals surface area contributed by atoms with Crippen molar-refractivity contribution in [3.8, 4) is 11.5 Å². The van der Waals surface area contributed by atoms with Crippen LogP contribution < -0.4 is 19.9 Å². The minimum Gasteiger partial charge on any atom is -0.545 e. The summed E-state index contributed by atoms with van der Waals surface area (Å²) in [5.74, 6) is -0.312. The molecule has 10 nitrogen and oxygen atoms in total. The zero-order valence-electron chi connectivity index (χ0n) is 20.4. The van der Waals surface area contributed by atoms with Gasteiger partial charge in [0.1, 0.15) is 0 Å². The highest BCUT2D eigenvalue weighted by molar-refractivity contribution is 6.60. The number of hydrogen-bond acceptors (Lipinski definition) is 9. The van der Waals surface area contributed by atoms with Crippen LogP contribution in [0.1, 0.15) is 39.2 Å². The molecule has 0 aliphatic carbocycles. The van der Waals surface area contributed by atoms with Crippen LogP contribution in [0.25, 0.3) is 6.08 Å². The molecule has 0 aliphatic rings. The average Bonchev–Trinajstić information content (AvgIpc) is 2.81. The van der Waals surface area contributed by atoms with E-state index in [1.165, 1.54) is 13.2 Å². The molecule has 0 unspecified atom stereocenters. The summed E-state index contributed by atoms with van der Waals surface area (Å²) >= 11 is 0. The Morgan fingerprint density at radius 1 is 1.00 bits per heavy atom. The van der Waals surface area contributed by atoms with Gasteiger partial charge in [-0.05, 0) is 51.0 Å². The monoisotopic (exact) mass is 498 g/mol. The maximum atomic E-state index is 11.9. The van der Waals surface area contributed by atoms with Gasteiger partial charge in [-0.25, -0.2) is 4.79 Å². The number of hydrogen-bond donors (Lipinski definition) is 1. The lowest BCUT2D eigenvalue weighted by atomic mass is 10.2. The molecule has 0 saturated carbocycles. The van der Waals surface area contributed by atoms with E-state index in [1.54, 1.807) is 18.2 Å². The second-order valence-electron chi connectivity index (χ2n) is 6.91. The molecule has 34 heavy (non-hydrogen) atoms. The summed E-state index contributed by atoms with van der Waals surface area (Å²) in [5.41, 5.74) is 0.636. The number of benzene rings is 1. The fraction of sp³-hybridized carbons (Fsp3) is 0.565. The highest BCUT2D eigenvalue weighted by atomic mass is 28.4. The summed E-state index contributed by atoms with van der Waals surface area (Å²) < 4.78 is 33.5. The zero-order chi connectivity index (χ0) is 25.2. The molecule has 0 radical (unpaired) electrons. The standard InChI is InChI=1S/C23H37NO9Si/c1-5-31-34(32-6-2,33-7-3)17-8-14-24-23(27)30-16-9-15-29-20-12-10-19(11-13-22(25)26)18-21(20)28-4/h10-13,18H,5-9,14-17H2,1-4H3,(H,24,27)(H,25,26)/p-1/b13-11+. The minimum absolute atomic E-state index is 0.191. The van der Waals surface area contributed by atoms with Gasteiger partial charge in [-0.15, -0.1) is 0 Å². The maximum absolute atomic E-state index is 11.9. The van der Waals surface area contributed by atoms with Gasteiger partial charge in [0.15, 0.2) is 11.5 Å². The number of carbonyl (C=O) groups excluding carboxylic acids is 2. The Balaban J connectivity index is 2.32. The molecule has 0 saturated heterocycles. The summed E-state index contributed by atoms with van der Waals surface area (Å²) in [6.45, 7) is 8.18. The number of ether oxygens (including phenoxy) is 3. The van der Waals surface area contributed by atoms with Crippen molar-refractivity contribution in [1.82, 2.24) is 5.32 Å². The smallest absolute Gasteiger partial charge is 0.500 e. The summed E-state index contributed by atoms with van der Waals surface area (Å²) in [4.78, 5) is 22.4. The Morgan fingerprint density at radius 2 is 1.68 bits per heavy atom. The first-order valence-electron chi connectivity index (χ1n) is 11.4. The van der Waals surface area contributed by atoms with Crippen molar-refractivity contribution in [3.05, 3.63) is 29.8 Å². The molecule has 0 aliphatic heterocycles. The number of carbonyl (C=O) groups is 2. The minimum atomic E-state index is -2.71. The predicted octanol–water partition coefficient (Wildman–Crippen LogP) is 2.39. The van der Waals surface area contributed by atoms with Crippen LogP contribution in [0.4, 0.5) is 4.79 Å². The lowest BCUT2D eigenvalue weighted by Gasteiger charge is -2.28. The fourth-order valence-electron chi connectivity index (χ4n) is 3.02. The van der Waals surface area contributed by atoms with Crippen LogP contribution >= 0.6 is 0 Å². The number of nitrogens with one attached hydrogen (secondary N) is 1. The lowest BCUT2D eigenvalue weighted by Crippen LogP contribution is -2.46. The number of carboxylic acid groups (broad SMARTS) is 1. The lowest BCUT2D eigenvalue weighted by molar-refractivity contribution is -0.297. The van der Waals surface area contributed by atoms with E-state index >= 15 is 0 Å². The Labute approximate surface area is 202 Å². The third kappa shape index (κ3) is 11.5. The van der Waals surface area contributed by atoms with Crippen molar-refractivity contribution >= 4 is 26.9 Å². The highest BCUT2D eigenvalue weighted by Crippen LogP contribution is 2.28. The molecule has 1 amide bonds. The topological polar surface area (TPSA) is 125 Å². The molecule has 0 atom stereocenters. The molecule has 1 aromatic rings. The number of aliphatic carboxylic acids is 1. The van der Waals surface area contributed by atoms with Crippen LogP contribution in [-0.2, 0) is 22.8 Å². The van der Waals surface area contributed by atoms with Crippen LogP contribution in [-0.4, -0.2) is 67.6 Å². The molecular formula is C23H36NO9Si-. The van der Waals surface area contributed by atoms with E-state index < -0.39 is 20.9 Å². The molecule has 11 heteroatoms. The number of carboxylic acids is 1. The van der Waals surface area contributed by atoms with E-state index in [4.69, 9.17) is 27.5 Å². The van der Waals surface area contributed by atoms with Gasteiger partial charge in [0.05, 0.1) is 26.3 Å². The first-order chi connectivity index (χ1) is 16.4. The van der Waals surface area contributed by atoms with Gasteiger partial charge in [0, 0.05) is 38.8 Å². The van der Waals surface area contributed by atoms with Crippen LogP contribution in [0, 0.1) is 0 Å². The molecule has 192 valence electrons. The Bertz CT molecular complexity index is 756. The summed E-state index contributed by atoms with van der Waals surface area (Å²) in [6, 6.07) is 5.64. The highest BCUT2D eigenvalue weighted by Gasteiger charge is 2.39. The third-order valence-electron chi connectivity index (χ3n) is 4.40. The van der Waals surface area contributed by atoms with Crippen molar-refractivity contribution in [2.75, 3.05) is 46.7 Å². The predicted molar refractivity (Wildman–Crippen MR) is 127 cm³/mol. The van der Waals surface area contributed by atoms with Gasteiger partial charge in [-0.1, -0.05) is 12.1 Å². The number of methoxy groups -OCH3 is 1. The molecule has 0 fully saturated rings.